The van der Waals surface area contributed by atoms with E-state index in [1.807, 2.05) is 18.7 Å². The summed E-state index contributed by atoms with van der Waals surface area (Å²) in [6, 6.07) is 0. The molecule has 1 atom stereocenters. The van der Waals surface area contributed by atoms with E-state index in [9.17, 15) is 4.79 Å². The zero-order valence-corrected chi connectivity index (χ0v) is 10.6. The molecule has 0 aromatic carbocycles. The number of carbonyl (C=O) groups is 1. The zero-order valence-electron chi connectivity index (χ0n) is 8.93. The lowest BCUT2D eigenvalue weighted by Gasteiger charge is -2.19. The van der Waals surface area contributed by atoms with Crippen LogP contribution in [0.2, 0.25) is 0 Å². The largest absolute Gasteiger partial charge is 0.477 e. The summed E-state index contributed by atoms with van der Waals surface area (Å²) in [5, 5.41) is 9.84. The van der Waals surface area contributed by atoms with Gasteiger partial charge in [-0.25, -0.2) is 9.78 Å². The molecule has 1 N–H and O–H groups in total. The number of thioether (sulfide) groups is 1. The number of rotatable bonds is 3. The Labute approximate surface area is 102 Å². The maximum absolute atomic E-state index is 11.0. The van der Waals surface area contributed by atoms with Gasteiger partial charge in [-0.1, -0.05) is 6.92 Å². The molecule has 16 heavy (non-hydrogen) atoms. The highest BCUT2D eigenvalue weighted by Gasteiger charge is 2.24. The van der Waals surface area contributed by atoms with Crippen LogP contribution in [0.5, 0.6) is 0 Å². The van der Waals surface area contributed by atoms with Gasteiger partial charge >= 0.3 is 5.97 Å². The molecule has 0 bridgehead atoms. The van der Waals surface area contributed by atoms with Crippen LogP contribution in [-0.4, -0.2) is 34.2 Å². The molecule has 6 heteroatoms. The number of aryl methyl sites for hydroxylation is 1. The van der Waals surface area contributed by atoms with Crippen LogP contribution in [-0.2, 0) is 11.2 Å². The van der Waals surface area contributed by atoms with Crippen molar-refractivity contribution < 1.29 is 14.6 Å². The molecule has 88 valence electrons. The lowest BCUT2D eigenvalue weighted by Crippen LogP contribution is -2.15. The quantitative estimate of drug-likeness (QED) is 0.901. The van der Waals surface area contributed by atoms with Gasteiger partial charge in [0.25, 0.3) is 0 Å². The van der Waals surface area contributed by atoms with Gasteiger partial charge in [-0.2, -0.15) is 11.8 Å². The van der Waals surface area contributed by atoms with Crippen molar-refractivity contribution in [2.45, 2.75) is 19.4 Å². The molecule has 1 aliphatic heterocycles. The minimum Gasteiger partial charge on any atom is -0.477 e. The summed E-state index contributed by atoms with van der Waals surface area (Å²) >= 11 is 3.07. The molecule has 1 aromatic heterocycles. The third-order valence-corrected chi connectivity index (χ3v) is 4.51. The lowest BCUT2D eigenvalue weighted by atomic mass is 10.3. The van der Waals surface area contributed by atoms with Crippen LogP contribution in [0.3, 0.4) is 0 Å². The monoisotopic (exact) mass is 259 g/mol. The highest BCUT2D eigenvalue weighted by Crippen LogP contribution is 2.31. The molecular weight excluding hydrogens is 246 g/mol. The van der Waals surface area contributed by atoms with Crippen molar-refractivity contribution in [3.05, 3.63) is 15.6 Å². The van der Waals surface area contributed by atoms with Crippen LogP contribution < -0.4 is 0 Å². The van der Waals surface area contributed by atoms with E-state index in [0.717, 1.165) is 23.1 Å². The Hall–Kier alpha value is -0.590. The van der Waals surface area contributed by atoms with Gasteiger partial charge < -0.3 is 9.84 Å². The van der Waals surface area contributed by atoms with Gasteiger partial charge in [0.15, 0.2) is 0 Å². The van der Waals surface area contributed by atoms with Crippen LogP contribution in [0.15, 0.2) is 0 Å². The smallest absolute Gasteiger partial charge is 0.347 e. The number of aromatic carboxylic acids is 1. The molecule has 1 unspecified atom stereocenters. The van der Waals surface area contributed by atoms with Gasteiger partial charge in [0.2, 0.25) is 0 Å². The lowest BCUT2D eigenvalue weighted by molar-refractivity contribution is 0.0700. The fraction of sp³-hybridized carbons (Fsp3) is 0.600. The Morgan fingerprint density at radius 1 is 1.69 bits per heavy atom. The number of thiazole rings is 1. The minimum atomic E-state index is -0.885. The number of hydrogen-bond donors (Lipinski definition) is 1. The topological polar surface area (TPSA) is 59.4 Å². The van der Waals surface area contributed by atoms with E-state index in [0.29, 0.717) is 17.0 Å². The third-order valence-electron chi connectivity index (χ3n) is 2.33. The second kappa shape index (κ2) is 5.16. The van der Waals surface area contributed by atoms with Crippen molar-refractivity contribution in [2.75, 3.05) is 18.1 Å². The van der Waals surface area contributed by atoms with Crippen LogP contribution in [0.25, 0.3) is 0 Å². The fourth-order valence-electron chi connectivity index (χ4n) is 1.54. The van der Waals surface area contributed by atoms with Gasteiger partial charge in [-0.05, 0) is 6.42 Å². The summed E-state index contributed by atoms with van der Waals surface area (Å²) in [5.41, 5.74) is 0.673. The summed E-state index contributed by atoms with van der Waals surface area (Å²) in [6.07, 6.45) is 0.625. The second-order valence-electron chi connectivity index (χ2n) is 3.42. The first-order valence-corrected chi connectivity index (χ1v) is 7.11. The Morgan fingerprint density at radius 3 is 3.00 bits per heavy atom. The van der Waals surface area contributed by atoms with Crippen LogP contribution in [0.1, 0.15) is 33.4 Å². The SMILES string of the molecule is CCc1nc(C2CSCCO2)sc1C(=O)O. The molecule has 0 saturated carbocycles. The van der Waals surface area contributed by atoms with E-state index < -0.39 is 5.97 Å². The predicted molar refractivity (Wildman–Crippen MR) is 64.5 cm³/mol. The molecule has 1 aromatic rings. The normalized spacial score (nSPS) is 20.9. The molecule has 0 spiro atoms. The summed E-state index contributed by atoms with van der Waals surface area (Å²) in [5.74, 6) is 0.994. The van der Waals surface area contributed by atoms with Gasteiger partial charge in [-0.3, -0.25) is 0 Å². The summed E-state index contributed by atoms with van der Waals surface area (Å²) < 4.78 is 5.59. The Bertz CT molecular complexity index is 385. The third kappa shape index (κ3) is 2.39. The molecule has 2 rings (SSSR count). The van der Waals surface area contributed by atoms with Crippen molar-refractivity contribution in [1.82, 2.24) is 4.98 Å². The zero-order chi connectivity index (χ0) is 11.5. The predicted octanol–water partition coefficient (Wildman–Crippen LogP) is 2.21. The van der Waals surface area contributed by atoms with Gasteiger partial charge in [0, 0.05) is 11.5 Å². The molecule has 4 nitrogen and oxygen atoms in total. The average Bonchev–Trinajstić information content (AvgIpc) is 2.74. The second-order valence-corrected chi connectivity index (χ2v) is 5.60. The van der Waals surface area contributed by atoms with E-state index in [1.165, 1.54) is 11.3 Å². The molecule has 0 radical (unpaired) electrons. The fourth-order valence-corrected chi connectivity index (χ4v) is 3.54. The van der Waals surface area contributed by atoms with Crippen molar-refractivity contribution in [1.29, 1.82) is 0 Å². The molecule has 1 fully saturated rings. The maximum atomic E-state index is 11.0. The van der Waals surface area contributed by atoms with Crippen molar-refractivity contribution in [2.24, 2.45) is 0 Å². The number of ether oxygens (including phenoxy) is 1. The number of hydrogen-bond acceptors (Lipinski definition) is 5. The average molecular weight is 259 g/mol. The molecule has 0 amide bonds. The first-order chi connectivity index (χ1) is 7.72. The van der Waals surface area contributed by atoms with E-state index >= 15 is 0 Å². The van der Waals surface area contributed by atoms with Gasteiger partial charge in [0.05, 0.1) is 12.3 Å². The first kappa shape index (κ1) is 11.9. The number of aromatic nitrogens is 1. The van der Waals surface area contributed by atoms with Gasteiger partial charge in [0.1, 0.15) is 16.0 Å². The van der Waals surface area contributed by atoms with Crippen molar-refractivity contribution >= 4 is 29.1 Å². The first-order valence-electron chi connectivity index (χ1n) is 5.14. The standard InChI is InChI=1S/C10H13NO3S2/c1-2-6-8(10(12)13)16-9(11-6)7-5-15-4-3-14-7/h7H,2-5H2,1H3,(H,12,13). The highest BCUT2D eigenvalue weighted by atomic mass is 32.2. The summed E-state index contributed by atoms with van der Waals surface area (Å²) in [6.45, 7) is 2.64. The Kier molecular flexibility index (Phi) is 3.83. The number of carboxylic acids is 1. The maximum Gasteiger partial charge on any atom is 0.347 e. The van der Waals surface area contributed by atoms with Crippen molar-refractivity contribution in [3.63, 3.8) is 0 Å². The minimum absolute atomic E-state index is 0.0258. The molecule has 0 aliphatic carbocycles. The Balaban J connectivity index is 2.24. The summed E-state index contributed by atoms with van der Waals surface area (Å²) in [4.78, 5) is 15.7. The van der Waals surface area contributed by atoms with Crippen LogP contribution in [0, 0.1) is 0 Å². The highest BCUT2D eigenvalue weighted by molar-refractivity contribution is 7.99. The molecule has 1 aliphatic rings. The van der Waals surface area contributed by atoms with E-state index in [2.05, 4.69) is 4.98 Å². The number of nitrogens with zero attached hydrogens (tertiary/aromatic N) is 1. The number of carboxylic acid groups (broad SMARTS) is 1. The van der Waals surface area contributed by atoms with Crippen molar-refractivity contribution in [3.8, 4) is 0 Å². The van der Waals surface area contributed by atoms with Gasteiger partial charge in [-0.15, -0.1) is 11.3 Å². The molecular formula is C10H13NO3S2. The van der Waals surface area contributed by atoms with E-state index in [4.69, 9.17) is 9.84 Å². The summed E-state index contributed by atoms with van der Waals surface area (Å²) in [7, 11) is 0. The molecule has 2 heterocycles. The van der Waals surface area contributed by atoms with E-state index in [-0.39, 0.29) is 6.10 Å². The molecule has 1 saturated heterocycles. The Morgan fingerprint density at radius 2 is 2.50 bits per heavy atom. The van der Waals surface area contributed by atoms with Crippen LogP contribution in [0.4, 0.5) is 0 Å². The van der Waals surface area contributed by atoms with Crippen LogP contribution >= 0.6 is 23.1 Å². The van der Waals surface area contributed by atoms with E-state index in [1.54, 1.807) is 0 Å².